The van der Waals surface area contributed by atoms with Crippen molar-refractivity contribution in [2.45, 2.75) is 12.7 Å². The zero-order chi connectivity index (χ0) is 17.7. The van der Waals surface area contributed by atoms with E-state index < -0.39 is 31.1 Å². The van der Waals surface area contributed by atoms with Gasteiger partial charge < -0.3 is 14.1 Å². The summed E-state index contributed by atoms with van der Waals surface area (Å²) in [5, 5.41) is 0. The Labute approximate surface area is 143 Å². The van der Waals surface area contributed by atoms with Crippen molar-refractivity contribution in [3.8, 4) is 5.75 Å². The van der Waals surface area contributed by atoms with Crippen LogP contribution in [-0.2, 0) is 11.3 Å². The van der Waals surface area contributed by atoms with Gasteiger partial charge in [-0.05, 0) is 46.3 Å². The topological polar surface area (TPSA) is 42.7 Å². The monoisotopic (exact) mass is 409 g/mol. The molecule has 0 unspecified atom stereocenters. The number of rotatable bonds is 6. The second-order valence-corrected chi connectivity index (χ2v) is 5.66. The molecule has 0 saturated carbocycles. The zero-order valence-corrected chi connectivity index (χ0v) is 13.7. The second kappa shape index (κ2) is 7.69. The van der Waals surface area contributed by atoms with Gasteiger partial charge >= 0.3 is 6.18 Å². The molecular weight excluding hydrogens is 398 g/mol. The average Bonchev–Trinajstić information content (AvgIpc) is 2.97. The Bertz CT molecular complexity index is 689. The SMILES string of the molecule is O=C(COc1ccc(F)cc1Br)N(Cc1ccco1)CC(F)(F)F. The molecule has 0 aliphatic heterocycles. The van der Waals surface area contributed by atoms with E-state index in [1.165, 1.54) is 24.5 Å². The van der Waals surface area contributed by atoms with Gasteiger partial charge in [0.1, 0.15) is 23.9 Å². The fourth-order valence-electron chi connectivity index (χ4n) is 1.86. The van der Waals surface area contributed by atoms with Gasteiger partial charge in [-0.15, -0.1) is 0 Å². The summed E-state index contributed by atoms with van der Waals surface area (Å²) in [4.78, 5) is 12.6. The highest BCUT2D eigenvalue weighted by Crippen LogP contribution is 2.25. The van der Waals surface area contributed by atoms with E-state index >= 15 is 0 Å². The van der Waals surface area contributed by atoms with Gasteiger partial charge in [0.2, 0.25) is 0 Å². The van der Waals surface area contributed by atoms with Gasteiger partial charge in [-0.1, -0.05) is 0 Å². The van der Waals surface area contributed by atoms with Crippen molar-refractivity contribution in [2.75, 3.05) is 13.2 Å². The van der Waals surface area contributed by atoms with Crippen LogP contribution in [0, 0.1) is 5.82 Å². The largest absolute Gasteiger partial charge is 0.483 e. The first-order valence-electron chi connectivity index (χ1n) is 6.69. The molecule has 2 rings (SSSR count). The first-order valence-corrected chi connectivity index (χ1v) is 7.48. The van der Waals surface area contributed by atoms with Gasteiger partial charge in [-0.2, -0.15) is 13.2 Å². The lowest BCUT2D eigenvalue weighted by atomic mass is 10.3. The maximum atomic E-state index is 13.0. The van der Waals surface area contributed by atoms with E-state index in [2.05, 4.69) is 15.9 Å². The van der Waals surface area contributed by atoms with Crippen molar-refractivity contribution >= 4 is 21.8 Å². The second-order valence-electron chi connectivity index (χ2n) is 4.81. The lowest BCUT2D eigenvalue weighted by molar-refractivity contribution is -0.164. The Kier molecular flexibility index (Phi) is 5.87. The summed E-state index contributed by atoms with van der Waals surface area (Å²) in [7, 11) is 0. The molecule has 4 nitrogen and oxygen atoms in total. The van der Waals surface area contributed by atoms with Crippen molar-refractivity contribution in [1.29, 1.82) is 0 Å². The summed E-state index contributed by atoms with van der Waals surface area (Å²) < 4.78 is 61.3. The average molecular weight is 410 g/mol. The van der Waals surface area contributed by atoms with Crippen LogP contribution < -0.4 is 4.74 Å². The lowest BCUT2D eigenvalue weighted by Gasteiger charge is -2.23. The van der Waals surface area contributed by atoms with Gasteiger partial charge in [0.25, 0.3) is 5.91 Å². The predicted molar refractivity (Wildman–Crippen MR) is 79.8 cm³/mol. The van der Waals surface area contributed by atoms with Crippen LogP contribution in [0.15, 0.2) is 45.5 Å². The summed E-state index contributed by atoms with van der Waals surface area (Å²) in [6, 6.07) is 6.48. The maximum absolute atomic E-state index is 13.0. The van der Waals surface area contributed by atoms with Crippen LogP contribution in [0.5, 0.6) is 5.75 Å². The predicted octanol–water partition coefficient (Wildman–Crippen LogP) is 4.15. The Balaban J connectivity index is 2.03. The van der Waals surface area contributed by atoms with Crippen LogP contribution in [0.1, 0.15) is 5.76 Å². The summed E-state index contributed by atoms with van der Waals surface area (Å²) in [5.74, 6) is -1.03. The molecule has 0 saturated heterocycles. The zero-order valence-electron chi connectivity index (χ0n) is 12.1. The first kappa shape index (κ1) is 18.3. The molecular formula is C15H12BrF4NO3. The molecule has 0 radical (unpaired) electrons. The van der Waals surface area contributed by atoms with Gasteiger partial charge in [0, 0.05) is 0 Å². The summed E-state index contributed by atoms with van der Waals surface area (Å²) >= 11 is 3.05. The van der Waals surface area contributed by atoms with Crippen molar-refractivity contribution in [2.24, 2.45) is 0 Å². The molecule has 2 aromatic rings. The molecule has 0 fully saturated rings. The molecule has 1 aromatic heterocycles. The Morgan fingerprint density at radius 1 is 1.29 bits per heavy atom. The summed E-state index contributed by atoms with van der Waals surface area (Å²) in [5.41, 5.74) is 0. The number of hydrogen-bond acceptors (Lipinski definition) is 3. The highest BCUT2D eigenvalue weighted by atomic mass is 79.9. The van der Waals surface area contributed by atoms with E-state index in [-0.39, 0.29) is 22.5 Å². The molecule has 0 aliphatic rings. The van der Waals surface area contributed by atoms with Crippen LogP contribution in [0.4, 0.5) is 17.6 Å². The molecule has 0 aliphatic carbocycles. The van der Waals surface area contributed by atoms with E-state index in [4.69, 9.17) is 9.15 Å². The number of carbonyl (C=O) groups excluding carboxylic acids is 1. The minimum absolute atomic E-state index is 0.148. The van der Waals surface area contributed by atoms with Gasteiger partial charge in [-0.25, -0.2) is 4.39 Å². The molecule has 9 heteroatoms. The normalized spacial score (nSPS) is 11.4. The van der Waals surface area contributed by atoms with E-state index in [0.29, 0.717) is 4.90 Å². The highest BCUT2D eigenvalue weighted by Gasteiger charge is 2.33. The number of hydrogen-bond donors (Lipinski definition) is 0. The number of ether oxygens (including phenoxy) is 1. The Hall–Kier alpha value is -2.03. The standard InChI is InChI=1S/C15H12BrF4NO3/c16-12-6-10(17)3-4-13(12)24-8-14(22)21(9-15(18,19)20)7-11-2-1-5-23-11/h1-6H,7-9H2. The van der Waals surface area contributed by atoms with Gasteiger partial charge in [0.05, 0.1) is 17.3 Å². The van der Waals surface area contributed by atoms with Gasteiger partial charge in [0.15, 0.2) is 6.61 Å². The molecule has 24 heavy (non-hydrogen) atoms. The maximum Gasteiger partial charge on any atom is 0.406 e. The molecule has 0 N–H and O–H groups in total. The quantitative estimate of drug-likeness (QED) is 0.673. The smallest absolute Gasteiger partial charge is 0.406 e. The van der Waals surface area contributed by atoms with Gasteiger partial charge in [-0.3, -0.25) is 4.79 Å². The molecule has 0 spiro atoms. The number of nitrogens with zero attached hydrogens (tertiary/aromatic N) is 1. The van der Waals surface area contributed by atoms with Crippen LogP contribution >= 0.6 is 15.9 Å². The Morgan fingerprint density at radius 2 is 2.04 bits per heavy atom. The Morgan fingerprint density at radius 3 is 2.62 bits per heavy atom. The lowest BCUT2D eigenvalue weighted by Crippen LogP contribution is -2.40. The van der Waals surface area contributed by atoms with E-state index in [9.17, 15) is 22.4 Å². The van der Waals surface area contributed by atoms with Crippen LogP contribution in [-0.4, -0.2) is 30.1 Å². The molecule has 1 amide bonds. The van der Waals surface area contributed by atoms with Crippen molar-refractivity contribution < 1.29 is 31.5 Å². The summed E-state index contributed by atoms with van der Waals surface area (Å²) in [6.45, 7) is -2.39. The molecule has 1 aromatic carbocycles. The van der Waals surface area contributed by atoms with Crippen LogP contribution in [0.25, 0.3) is 0 Å². The fourth-order valence-corrected chi connectivity index (χ4v) is 2.33. The fraction of sp³-hybridized carbons (Fsp3) is 0.267. The van der Waals surface area contributed by atoms with Crippen molar-refractivity contribution in [3.05, 3.63) is 52.6 Å². The van der Waals surface area contributed by atoms with Crippen molar-refractivity contribution in [3.63, 3.8) is 0 Å². The molecule has 1 heterocycles. The van der Waals surface area contributed by atoms with E-state index in [1.54, 1.807) is 0 Å². The van der Waals surface area contributed by atoms with Crippen LogP contribution in [0.2, 0.25) is 0 Å². The number of benzene rings is 1. The number of amides is 1. The first-order chi connectivity index (χ1) is 11.2. The number of furan rings is 1. The van der Waals surface area contributed by atoms with Crippen LogP contribution in [0.3, 0.4) is 0 Å². The minimum Gasteiger partial charge on any atom is -0.483 e. The van der Waals surface area contributed by atoms with Crippen molar-refractivity contribution in [1.82, 2.24) is 4.90 Å². The highest BCUT2D eigenvalue weighted by molar-refractivity contribution is 9.10. The third kappa shape index (κ3) is 5.55. The third-order valence-corrected chi connectivity index (χ3v) is 3.51. The molecule has 130 valence electrons. The molecule has 0 atom stereocenters. The number of alkyl halides is 3. The van der Waals surface area contributed by atoms with E-state index in [1.807, 2.05) is 0 Å². The third-order valence-electron chi connectivity index (χ3n) is 2.89. The summed E-state index contributed by atoms with van der Waals surface area (Å²) in [6.07, 6.45) is -3.25. The van der Waals surface area contributed by atoms with E-state index in [0.717, 1.165) is 12.1 Å². The minimum atomic E-state index is -4.56. The number of halogens is 5. The molecule has 0 bridgehead atoms. The number of carbonyl (C=O) groups is 1.